The number of hydrogen-bond acceptors (Lipinski definition) is 3. The maximum atomic E-state index is 11.8. The minimum Gasteiger partial charge on any atom is -0.361 e. The number of piperidine rings is 1. The van der Waals surface area contributed by atoms with Gasteiger partial charge in [0, 0.05) is 11.4 Å². The van der Waals surface area contributed by atoms with Crippen LogP contribution in [-0.4, -0.2) is 23.3 Å². The predicted octanol–water partition coefficient (Wildman–Crippen LogP) is 1.53. The maximum absolute atomic E-state index is 11.8. The highest BCUT2D eigenvalue weighted by Gasteiger charge is 2.33. The Morgan fingerprint density at radius 3 is 2.82 bits per heavy atom. The van der Waals surface area contributed by atoms with E-state index in [1.807, 2.05) is 17.5 Å². The van der Waals surface area contributed by atoms with Gasteiger partial charge in [-0.3, -0.25) is 9.59 Å². The number of rotatable bonds is 1. The number of primary amides is 1. The highest BCUT2D eigenvalue weighted by molar-refractivity contribution is 7.10. The first-order chi connectivity index (χ1) is 8.09. The van der Waals surface area contributed by atoms with Crippen LogP contribution in [0.3, 0.4) is 0 Å². The van der Waals surface area contributed by atoms with Crippen molar-refractivity contribution >= 4 is 23.2 Å². The van der Waals surface area contributed by atoms with E-state index in [9.17, 15) is 9.59 Å². The Morgan fingerprint density at radius 2 is 2.24 bits per heavy atom. The molecule has 2 rings (SSSR count). The molecule has 2 heterocycles. The highest BCUT2D eigenvalue weighted by atomic mass is 32.1. The fourth-order valence-corrected chi connectivity index (χ4v) is 3.17. The molecule has 1 aromatic rings. The molecule has 0 unspecified atom stereocenters. The van der Waals surface area contributed by atoms with E-state index < -0.39 is 11.8 Å². The molecule has 0 bridgehead atoms. The molecule has 92 valence electrons. The molecule has 0 aliphatic carbocycles. The molecule has 2 amide bonds. The largest absolute Gasteiger partial charge is 0.361 e. The van der Waals surface area contributed by atoms with Crippen molar-refractivity contribution in [2.24, 2.45) is 11.7 Å². The number of carbonyl (C=O) groups excluding carboxylic acids is 2. The number of nitrogens with zero attached hydrogens (tertiary/aromatic N) is 1. The summed E-state index contributed by atoms with van der Waals surface area (Å²) < 4.78 is 0. The van der Waals surface area contributed by atoms with Crippen LogP contribution < -0.4 is 5.73 Å². The average Bonchev–Trinajstić information content (AvgIpc) is 2.81. The van der Waals surface area contributed by atoms with Crippen LogP contribution in [0, 0.1) is 5.92 Å². The fourth-order valence-electron chi connectivity index (χ4n) is 2.30. The second kappa shape index (κ2) is 4.87. The lowest BCUT2D eigenvalue weighted by molar-refractivity contribution is -0.147. The van der Waals surface area contributed by atoms with Gasteiger partial charge in [0.2, 0.25) is 0 Å². The van der Waals surface area contributed by atoms with Crippen LogP contribution >= 0.6 is 11.3 Å². The molecule has 1 fully saturated rings. The van der Waals surface area contributed by atoms with Gasteiger partial charge in [-0.1, -0.05) is 13.0 Å². The minimum absolute atomic E-state index is 0.0196. The van der Waals surface area contributed by atoms with Gasteiger partial charge in [-0.2, -0.15) is 0 Å². The molecule has 0 saturated carbocycles. The summed E-state index contributed by atoms with van der Waals surface area (Å²) in [6, 6.07) is 3.99. The molecular formula is C12H16N2O2S. The molecule has 5 heteroatoms. The van der Waals surface area contributed by atoms with Crippen molar-refractivity contribution in [2.75, 3.05) is 6.54 Å². The predicted molar refractivity (Wildman–Crippen MR) is 66.4 cm³/mol. The van der Waals surface area contributed by atoms with Crippen LogP contribution in [0.25, 0.3) is 0 Å². The van der Waals surface area contributed by atoms with Crippen molar-refractivity contribution in [1.29, 1.82) is 0 Å². The summed E-state index contributed by atoms with van der Waals surface area (Å²) in [5.74, 6) is -0.995. The molecule has 2 atom stereocenters. The Balaban J connectivity index is 2.23. The first-order valence-electron chi connectivity index (χ1n) is 5.73. The molecule has 2 N–H and O–H groups in total. The summed E-state index contributed by atoms with van der Waals surface area (Å²) in [7, 11) is 0. The van der Waals surface area contributed by atoms with Crippen LogP contribution in [-0.2, 0) is 9.59 Å². The van der Waals surface area contributed by atoms with Gasteiger partial charge >= 0.3 is 11.8 Å². The SMILES string of the molecule is C[C@@H]1CC[C@@H](c2cccs2)N(C(=O)C(N)=O)C1. The molecule has 0 aromatic carbocycles. The van der Waals surface area contributed by atoms with Gasteiger partial charge in [0.25, 0.3) is 0 Å². The Hall–Kier alpha value is -1.36. The monoisotopic (exact) mass is 252 g/mol. The van der Waals surface area contributed by atoms with Gasteiger partial charge in [-0.05, 0) is 30.2 Å². The van der Waals surface area contributed by atoms with E-state index in [0.29, 0.717) is 12.5 Å². The number of nitrogens with two attached hydrogens (primary N) is 1. The second-order valence-electron chi connectivity index (χ2n) is 4.54. The van der Waals surface area contributed by atoms with Crippen LogP contribution in [0.5, 0.6) is 0 Å². The number of thiophene rings is 1. The zero-order chi connectivity index (χ0) is 12.4. The van der Waals surface area contributed by atoms with Crippen LogP contribution in [0.2, 0.25) is 0 Å². The van der Waals surface area contributed by atoms with Gasteiger partial charge < -0.3 is 10.6 Å². The molecule has 17 heavy (non-hydrogen) atoms. The quantitative estimate of drug-likeness (QED) is 0.770. The van der Waals surface area contributed by atoms with E-state index in [-0.39, 0.29) is 6.04 Å². The molecular weight excluding hydrogens is 236 g/mol. The minimum atomic E-state index is -0.861. The highest BCUT2D eigenvalue weighted by Crippen LogP contribution is 2.35. The Bertz CT molecular complexity index is 416. The van der Waals surface area contributed by atoms with Gasteiger partial charge in [-0.25, -0.2) is 0 Å². The molecule has 1 saturated heterocycles. The standard InChI is InChI=1S/C12H16N2O2S/c1-8-4-5-9(10-3-2-6-17-10)14(7-8)12(16)11(13)15/h2-3,6,8-9H,4-5,7H2,1H3,(H2,13,15)/t8-,9+/m1/s1. The van der Waals surface area contributed by atoms with Crippen molar-refractivity contribution in [3.8, 4) is 0 Å². The third kappa shape index (κ3) is 2.49. The third-order valence-corrected chi connectivity index (χ3v) is 4.13. The summed E-state index contributed by atoms with van der Waals surface area (Å²) in [6.07, 6.45) is 1.98. The summed E-state index contributed by atoms with van der Waals surface area (Å²) in [5.41, 5.74) is 5.10. The van der Waals surface area contributed by atoms with Crippen LogP contribution in [0.15, 0.2) is 17.5 Å². The number of hydrogen-bond donors (Lipinski definition) is 1. The summed E-state index contributed by atoms with van der Waals surface area (Å²) in [5, 5.41) is 1.99. The molecule has 1 aromatic heterocycles. The summed E-state index contributed by atoms with van der Waals surface area (Å²) in [4.78, 5) is 25.6. The molecule has 0 spiro atoms. The van der Waals surface area contributed by atoms with E-state index in [0.717, 1.165) is 17.7 Å². The van der Waals surface area contributed by atoms with Crippen molar-refractivity contribution in [2.45, 2.75) is 25.8 Å². The van der Waals surface area contributed by atoms with Crippen molar-refractivity contribution in [3.63, 3.8) is 0 Å². The smallest absolute Gasteiger partial charge is 0.312 e. The van der Waals surface area contributed by atoms with E-state index in [1.165, 1.54) is 0 Å². The Kier molecular flexibility index (Phi) is 3.47. The van der Waals surface area contributed by atoms with Crippen LogP contribution in [0.4, 0.5) is 0 Å². The van der Waals surface area contributed by atoms with Crippen molar-refractivity contribution in [3.05, 3.63) is 22.4 Å². The zero-order valence-electron chi connectivity index (χ0n) is 9.76. The lowest BCUT2D eigenvalue weighted by Gasteiger charge is -2.37. The molecule has 0 radical (unpaired) electrons. The first-order valence-corrected chi connectivity index (χ1v) is 6.61. The zero-order valence-corrected chi connectivity index (χ0v) is 10.6. The van der Waals surface area contributed by atoms with Gasteiger partial charge in [0.05, 0.1) is 6.04 Å². The van der Waals surface area contributed by atoms with Gasteiger partial charge in [-0.15, -0.1) is 11.3 Å². The lowest BCUT2D eigenvalue weighted by atomic mass is 9.93. The molecule has 4 nitrogen and oxygen atoms in total. The first kappa shape index (κ1) is 12.1. The van der Waals surface area contributed by atoms with E-state index >= 15 is 0 Å². The Labute approximate surface area is 104 Å². The average molecular weight is 252 g/mol. The van der Waals surface area contributed by atoms with Gasteiger partial charge in [0.15, 0.2) is 0 Å². The maximum Gasteiger partial charge on any atom is 0.312 e. The van der Waals surface area contributed by atoms with E-state index in [1.54, 1.807) is 16.2 Å². The second-order valence-corrected chi connectivity index (χ2v) is 5.51. The number of amides is 2. The number of likely N-dealkylation sites (tertiary alicyclic amines) is 1. The topological polar surface area (TPSA) is 63.4 Å². The fraction of sp³-hybridized carbons (Fsp3) is 0.500. The molecule has 1 aliphatic heterocycles. The van der Waals surface area contributed by atoms with Crippen molar-refractivity contribution < 1.29 is 9.59 Å². The van der Waals surface area contributed by atoms with E-state index in [4.69, 9.17) is 5.73 Å². The summed E-state index contributed by atoms with van der Waals surface area (Å²) in [6.45, 7) is 2.70. The van der Waals surface area contributed by atoms with Gasteiger partial charge in [0.1, 0.15) is 0 Å². The number of carbonyl (C=O) groups is 2. The molecule has 1 aliphatic rings. The Morgan fingerprint density at radius 1 is 1.47 bits per heavy atom. The lowest BCUT2D eigenvalue weighted by Crippen LogP contribution is -2.46. The van der Waals surface area contributed by atoms with E-state index in [2.05, 4.69) is 6.92 Å². The van der Waals surface area contributed by atoms with Crippen LogP contribution in [0.1, 0.15) is 30.7 Å². The summed E-state index contributed by atoms with van der Waals surface area (Å²) >= 11 is 1.62. The normalized spacial score (nSPS) is 24.6. The van der Waals surface area contributed by atoms with Crippen molar-refractivity contribution in [1.82, 2.24) is 4.90 Å². The third-order valence-electron chi connectivity index (χ3n) is 3.16.